The Bertz CT molecular complexity index is 1130. The van der Waals surface area contributed by atoms with E-state index in [1.807, 2.05) is 43.3 Å². The molecule has 0 radical (unpaired) electrons. The number of nitrogens with one attached hydrogen (secondary N) is 1. The summed E-state index contributed by atoms with van der Waals surface area (Å²) in [6, 6.07) is 14.8. The van der Waals surface area contributed by atoms with Gasteiger partial charge in [0.15, 0.2) is 5.82 Å². The highest BCUT2D eigenvalue weighted by Gasteiger charge is 2.12. The number of rotatable bonds is 8. The summed E-state index contributed by atoms with van der Waals surface area (Å²) < 4.78 is 7.42. The lowest BCUT2D eigenvalue weighted by molar-refractivity contribution is 0.102. The Labute approximate surface area is 178 Å². The molecule has 4 rings (SSSR count). The number of anilines is 1. The molecular weight excluding hydrogens is 398 g/mol. The zero-order valence-corrected chi connectivity index (χ0v) is 17.8. The second-order valence-electron chi connectivity index (χ2n) is 6.83. The number of hydrogen-bond acceptors (Lipinski definition) is 6. The average Bonchev–Trinajstić information content (AvgIpc) is 3.36. The van der Waals surface area contributed by atoms with Gasteiger partial charge in [-0.2, -0.15) is 9.61 Å². The van der Waals surface area contributed by atoms with Crippen LogP contribution in [0.25, 0.3) is 15.5 Å². The maximum absolute atomic E-state index is 12.5. The molecule has 0 atom stereocenters. The summed E-state index contributed by atoms with van der Waals surface area (Å²) in [5, 5.41) is 16.7. The minimum atomic E-state index is -0.158. The number of aryl methyl sites for hydroxylation is 1. The first-order valence-electron chi connectivity index (χ1n) is 10.0. The molecule has 2 heterocycles. The van der Waals surface area contributed by atoms with Crippen molar-refractivity contribution in [2.24, 2.45) is 0 Å². The van der Waals surface area contributed by atoms with Crippen molar-refractivity contribution in [3.63, 3.8) is 0 Å². The first kappa shape index (κ1) is 20.0. The second kappa shape index (κ2) is 9.04. The lowest BCUT2D eigenvalue weighted by atomic mass is 10.2. The standard InChI is InChI=1S/C22H23N5O2S/c1-3-5-14-29-18-12-8-15(9-13-18)20(28)23-17-10-6-16(7-11-17)21-26-27-19(4-2)24-25-22(27)30-21/h6-13H,3-5,14H2,1-2H3,(H,23,28). The van der Waals surface area contributed by atoms with Gasteiger partial charge < -0.3 is 10.1 Å². The van der Waals surface area contributed by atoms with Crippen LogP contribution < -0.4 is 10.1 Å². The first-order chi connectivity index (χ1) is 14.7. The van der Waals surface area contributed by atoms with Crippen LogP contribution >= 0.6 is 11.3 Å². The molecule has 2 aromatic heterocycles. The van der Waals surface area contributed by atoms with Crippen molar-refractivity contribution in [3.05, 3.63) is 59.9 Å². The van der Waals surface area contributed by atoms with E-state index >= 15 is 0 Å². The number of ether oxygens (including phenoxy) is 1. The van der Waals surface area contributed by atoms with Gasteiger partial charge in [0.25, 0.3) is 5.91 Å². The summed E-state index contributed by atoms with van der Waals surface area (Å²) in [7, 11) is 0. The Kier molecular flexibility index (Phi) is 6.04. The van der Waals surface area contributed by atoms with E-state index in [1.54, 1.807) is 16.6 Å². The lowest BCUT2D eigenvalue weighted by Crippen LogP contribution is -2.11. The number of carbonyl (C=O) groups is 1. The molecule has 7 nitrogen and oxygen atoms in total. The van der Waals surface area contributed by atoms with Gasteiger partial charge >= 0.3 is 0 Å². The maximum atomic E-state index is 12.5. The molecule has 0 bridgehead atoms. The number of aromatic nitrogens is 4. The summed E-state index contributed by atoms with van der Waals surface area (Å²) in [4.78, 5) is 13.3. The molecule has 2 aromatic carbocycles. The molecular formula is C22H23N5O2S. The van der Waals surface area contributed by atoms with Gasteiger partial charge in [-0.05, 0) is 55.0 Å². The van der Waals surface area contributed by atoms with Crippen LogP contribution in [0.15, 0.2) is 48.5 Å². The van der Waals surface area contributed by atoms with Gasteiger partial charge in [0.1, 0.15) is 10.8 Å². The zero-order chi connectivity index (χ0) is 20.9. The third kappa shape index (κ3) is 4.33. The predicted molar refractivity (Wildman–Crippen MR) is 118 cm³/mol. The van der Waals surface area contributed by atoms with Crippen molar-refractivity contribution in [2.45, 2.75) is 33.1 Å². The fraction of sp³-hybridized carbons (Fsp3) is 0.273. The van der Waals surface area contributed by atoms with E-state index in [1.165, 1.54) is 11.3 Å². The largest absolute Gasteiger partial charge is 0.494 e. The molecule has 0 spiro atoms. The summed E-state index contributed by atoms with van der Waals surface area (Å²) >= 11 is 1.49. The van der Waals surface area contributed by atoms with Gasteiger partial charge in [0, 0.05) is 23.2 Å². The van der Waals surface area contributed by atoms with Crippen molar-refractivity contribution in [1.82, 2.24) is 19.8 Å². The van der Waals surface area contributed by atoms with Crippen molar-refractivity contribution >= 4 is 27.9 Å². The molecule has 0 aliphatic rings. The molecule has 1 amide bonds. The van der Waals surface area contributed by atoms with Crippen LogP contribution in [0.3, 0.4) is 0 Å². The van der Waals surface area contributed by atoms with Crippen molar-refractivity contribution < 1.29 is 9.53 Å². The molecule has 0 saturated heterocycles. The lowest BCUT2D eigenvalue weighted by Gasteiger charge is -2.08. The van der Waals surface area contributed by atoms with E-state index < -0.39 is 0 Å². The van der Waals surface area contributed by atoms with E-state index in [-0.39, 0.29) is 5.91 Å². The van der Waals surface area contributed by atoms with Gasteiger partial charge in [-0.3, -0.25) is 4.79 Å². The number of amides is 1. The number of benzene rings is 2. The van der Waals surface area contributed by atoms with Crippen LogP contribution in [-0.2, 0) is 6.42 Å². The molecule has 0 saturated carbocycles. The van der Waals surface area contributed by atoms with Crippen LogP contribution in [0.1, 0.15) is 42.9 Å². The molecule has 0 fully saturated rings. The van der Waals surface area contributed by atoms with Gasteiger partial charge in [0.05, 0.1) is 6.61 Å². The van der Waals surface area contributed by atoms with Crippen LogP contribution in [-0.4, -0.2) is 32.3 Å². The molecule has 1 N–H and O–H groups in total. The summed E-state index contributed by atoms with van der Waals surface area (Å²) in [5.74, 6) is 1.47. The third-order valence-electron chi connectivity index (χ3n) is 4.64. The van der Waals surface area contributed by atoms with Crippen LogP contribution in [0, 0.1) is 0 Å². The maximum Gasteiger partial charge on any atom is 0.255 e. The number of carbonyl (C=O) groups excluding carboxylic acids is 1. The summed E-state index contributed by atoms with van der Waals surface area (Å²) in [6.45, 7) is 4.84. The normalized spacial score (nSPS) is 11.0. The van der Waals surface area contributed by atoms with E-state index in [0.717, 1.165) is 52.1 Å². The van der Waals surface area contributed by atoms with Gasteiger partial charge in [-0.15, -0.1) is 10.2 Å². The highest BCUT2D eigenvalue weighted by atomic mass is 32.1. The van der Waals surface area contributed by atoms with Crippen LogP contribution in [0.2, 0.25) is 0 Å². The minimum Gasteiger partial charge on any atom is -0.494 e. The zero-order valence-electron chi connectivity index (χ0n) is 17.0. The van der Waals surface area contributed by atoms with E-state index in [0.29, 0.717) is 12.2 Å². The fourth-order valence-corrected chi connectivity index (χ4v) is 3.79. The van der Waals surface area contributed by atoms with Crippen LogP contribution in [0.5, 0.6) is 5.75 Å². The highest BCUT2D eigenvalue weighted by Crippen LogP contribution is 2.27. The SMILES string of the molecule is CCCCOc1ccc(C(=O)Nc2ccc(-c3nn4c(CC)nnc4s3)cc2)cc1. The van der Waals surface area contributed by atoms with Gasteiger partial charge in [0.2, 0.25) is 4.96 Å². The topological polar surface area (TPSA) is 81.4 Å². The minimum absolute atomic E-state index is 0.158. The van der Waals surface area contributed by atoms with Crippen molar-refractivity contribution in [3.8, 4) is 16.3 Å². The number of unbranched alkanes of at least 4 members (excludes halogenated alkanes) is 1. The number of hydrogen-bond donors (Lipinski definition) is 1. The quantitative estimate of drug-likeness (QED) is 0.412. The molecule has 154 valence electrons. The average molecular weight is 422 g/mol. The van der Waals surface area contributed by atoms with Gasteiger partial charge in [-0.1, -0.05) is 31.6 Å². The first-order valence-corrected chi connectivity index (χ1v) is 10.9. The summed E-state index contributed by atoms with van der Waals surface area (Å²) in [5.41, 5.74) is 2.28. The molecule has 0 unspecified atom stereocenters. The molecule has 30 heavy (non-hydrogen) atoms. The van der Waals surface area contributed by atoms with Crippen molar-refractivity contribution in [1.29, 1.82) is 0 Å². The van der Waals surface area contributed by atoms with Crippen molar-refractivity contribution in [2.75, 3.05) is 11.9 Å². The molecule has 4 aromatic rings. The highest BCUT2D eigenvalue weighted by molar-refractivity contribution is 7.19. The molecule has 0 aliphatic carbocycles. The monoisotopic (exact) mass is 421 g/mol. The van der Waals surface area contributed by atoms with Gasteiger partial charge in [-0.25, -0.2) is 0 Å². The Balaban J connectivity index is 1.41. The second-order valence-corrected chi connectivity index (χ2v) is 7.79. The molecule has 8 heteroatoms. The fourth-order valence-electron chi connectivity index (χ4n) is 2.93. The Morgan fingerprint density at radius 2 is 1.83 bits per heavy atom. The Morgan fingerprint density at radius 3 is 2.53 bits per heavy atom. The van der Waals surface area contributed by atoms with Crippen LogP contribution in [0.4, 0.5) is 5.69 Å². The Morgan fingerprint density at radius 1 is 1.07 bits per heavy atom. The van der Waals surface area contributed by atoms with E-state index in [2.05, 4.69) is 27.5 Å². The third-order valence-corrected chi connectivity index (χ3v) is 5.59. The number of fused-ring (bicyclic) bond motifs is 1. The molecule has 0 aliphatic heterocycles. The number of nitrogens with zero attached hydrogens (tertiary/aromatic N) is 4. The van der Waals surface area contributed by atoms with E-state index in [4.69, 9.17) is 4.74 Å². The Hall–Kier alpha value is -3.26. The summed E-state index contributed by atoms with van der Waals surface area (Å²) in [6.07, 6.45) is 2.89. The smallest absolute Gasteiger partial charge is 0.255 e. The van der Waals surface area contributed by atoms with E-state index in [9.17, 15) is 4.79 Å². The predicted octanol–water partition coefficient (Wildman–Crippen LogP) is 4.85.